The van der Waals surface area contributed by atoms with E-state index < -0.39 is 11.7 Å². The van der Waals surface area contributed by atoms with Gasteiger partial charge in [0.2, 0.25) is 5.13 Å². The third-order valence-electron chi connectivity index (χ3n) is 3.38. The van der Waals surface area contributed by atoms with Gasteiger partial charge in [0.05, 0.1) is 5.56 Å². The van der Waals surface area contributed by atoms with E-state index in [9.17, 15) is 9.18 Å². The summed E-state index contributed by atoms with van der Waals surface area (Å²) in [4.78, 5) is 12.1. The number of hydrogen-bond acceptors (Lipinski definition) is 4. The Labute approximate surface area is 137 Å². The Balaban J connectivity index is 1.82. The number of amides is 1. The van der Waals surface area contributed by atoms with E-state index in [-0.39, 0.29) is 5.56 Å². The largest absolute Gasteiger partial charge is 0.296 e. The second kappa shape index (κ2) is 6.26. The van der Waals surface area contributed by atoms with Crippen LogP contribution >= 0.6 is 11.3 Å². The molecular formula is C17H14FN3OS. The monoisotopic (exact) mass is 327 g/mol. The summed E-state index contributed by atoms with van der Waals surface area (Å²) in [5, 5.41) is 11.7. The van der Waals surface area contributed by atoms with Crippen molar-refractivity contribution in [1.82, 2.24) is 10.2 Å². The molecule has 1 aromatic heterocycles. The molecule has 1 heterocycles. The molecular weight excluding hydrogens is 313 g/mol. The van der Waals surface area contributed by atoms with Gasteiger partial charge in [-0.25, -0.2) is 4.39 Å². The summed E-state index contributed by atoms with van der Waals surface area (Å²) in [7, 11) is 0. The second-order valence-corrected chi connectivity index (χ2v) is 6.14. The van der Waals surface area contributed by atoms with Gasteiger partial charge in [0.15, 0.2) is 0 Å². The normalized spacial score (nSPS) is 10.6. The standard InChI is InChI=1S/C17H14FN3OS/c1-10-7-8-12(11(2)9-10)16-20-21-17(23-16)19-15(22)13-5-3-4-6-14(13)18/h3-9H,1-2H3,(H,19,21,22). The zero-order chi connectivity index (χ0) is 16.4. The molecule has 0 aliphatic carbocycles. The van der Waals surface area contributed by atoms with Crippen LogP contribution in [-0.4, -0.2) is 16.1 Å². The maximum absolute atomic E-state index is 13.6. The van der Waals surface area contributed by atoms with E-state index in [4.69, 9.17) is 0 Å². The van der Waals surface area contributed by atoms with Crippen LogP contribution in [0, 0.1) is 19.7 Å². The van der Waals surface area contributed by atoms with Gasteiger partial charge in [0.1, 0.15) is 10.8 Å². The second-order valence-electron chi connectivity index (χ2n) is 5.16. The van der Waals surface area contributed by atoms with Crippen molar-refractivity contribution in [1.29, 1.82) is 0 Å². The molecule has 23 heavy (non-hydrogen) atoms. The molecule has 0 bridgehead atoms. The first-order valence-corrected chi connectivity index (χ1v) is 7.83. The van der Waals surface area contributed by atoms with E-state index in [2.05, 4.69) is 21.6 Å². The van der Waals surface area contributed by atoms with Gasteiger partial charge in [-0.1, -0.05) is 47.2 Å². The molecule has 3 rings (SSSR count). The minimum atomic E-state index is -0.566. The van der Waals surface area contributed by atoms with E-state index in [1.807, 2.05) is 26.0 Å². The molecule has 0 unspecified atom stereocenters. The number of carbonyl (C=O) groups excluding carboxylic acids is 1. The molecule has 6 heteroatoms. The lowest BCUT2D eigenvalue weighted by Gasteiger charge is -2.03. The van der Waals surface area contributed by atoms with E-state index >= 15 is 0 Å². The lowest BCUT2D eigenvalue weighted by atomic mass is 10.1. The Morgan fingerprint density at radius 2 is 1.91 bits per heavy atom. The number of halogens is 1. The molecule has 0 fully saturated rings. The number of carbonyl (C=O) groups is 1. The first kappa shape index (κ1) is 15.3. The molecule has 4 nitrogen and oxygen atoms in total. The summed E-state index contributed by atoms with van der Waals surface area (Å²) in [5.74, 6) is -1.10. The van der Waals surface area contributed by atoms with Crippen LogP contribution in [0.3, 0.4) is 0 Å². The Hall–Kier alpha value is -2.60. The average Bonchev–Trinajstić information content (AvgIpc) is 2.95. The molecule has 1 amide bonds. The van der Waals surface area contributed by atoms with Crippen molar-refractivity contribution in [2.75, 3.05) is 5.32 Å². The Bertz CT molecular complexity index is 876. The number of hydrogen-bond donors (Lipinski definition) is 1. The summed E-state index contributed by atoms with van der Waals surface area (Å²) in [6.45, 7) is 4.03. The smallest absolute Gasteiger partial charge is 0.260 e. The van der Waals surface area contributed by atoms with Crippen molar-refractivity contribution >= 4 is 22.4 Å². The zero-order valence-electron chi connectivity index (χ0n) is 12.6. The number of benzene rings is 2. The first-order valence-electron chi connectivity index (χ1n) is 7.01. The van der Waals surface area contributed by atoms with Gasteiger partial charge in [-0.2, -0.15) is 0 Å². The highest BCUT2D eigenvalue weighted by atomic mass is 32.1. The summed E-state index contributed by atoms with van der Waals surface area (Å²) in [5.41, 5.74) is 3.22. The van der Waals surface area contributed by atoms with Crippen molar-refractivity contribution in [3.8, 4) is 10.6 Å². The summed E-state index contributed by atoms with van der Waals surface area (Å²) in [6, 6.07) is 11.9. The fraction of sp³-hybridized carbons (Fsp3) is 0.118. The Morgan fingerprint density at radius 3 is 2.65 bits per heavy atom. The van der Waals surface area contributed by atoms with Crippen molar-refractivity contribution in [2.45, 2.75) is 13.8 Å². The lowest BCUT2D eigenvalue weighted by molar-refractivity contribution is 0.102. The number of aromatic nitrogens is 2. The fourth-order valence-electron chi connectivity index (χ4n) is 2.25. The maximum atomic E-state index is 13.6. The number of aryl methyl sites for hydroxylation is 2. The first-order chi connectivity index (χ1) is 11.0. The highest BCUT2D eigenvalue weighted by Crippen LogP contribution is 2.29. The molecule has 0 aliphatic heterocycles. The van der Waals surface area contributed by atoms with Gasteiger partial charge in [-0.15, -0.1) is 10.2 Å². The van der Waals surface area contributed by atoms with E-state index in [1.165, 1.54) is 35.1 Å². The van der Waals surface area contributed by atoms with Crippen LogP contribution in [0.4, 0.5) is 9.52 Å². The Morgan fingerprint density at radius 1 is 1.13 bits per heavy atom. The van der Waals surface area contributed by atoms with Crippen LogP contribution in [0.2, 0.25) is 0 Å². The van der Waals surface area contributed by atoms with Crippen LogP contribution in [0.15, 0.2) is 42.5 Å². The number of anilines is 1. The van der Waals surface area contributed by atoms with E-state index in [0.717, 1.165) is 11.1 Å². The third-order valence-corrected chi connectivity index (χ3v) is 4.25. The van der Waals surface area contributed by atoms with Crippen LogP contribution in [-0.2, 0) is 0 Å². The molecule has 2 aromatic carbocycles. The van der Waals surface area contributed by atoms with Gasteiger partial charge >= 0.3 is 0 Å². The van der Waals surface area contributed by atoms with Gasteiger partial charge in [-0.3, -0.25) is 10.1 Å². The lowest BCUT2D eigenvalue weighted by Crippen LogP contribution is -2.13. The SMILES string of the molecule is Cc1ccc(-c2nnc(NC(=O)c3ccccc3F)s2)c(C)c1. The molecule has 0 saturated heterocycles. The third kappa shape index (κ3) is 3.27. The molecule has 0 radical (unpaired) electrons. The van der Waals surface area contributed by atoms with Crippen molar-refractivity contribution in [2.24, 2.45) is 0 Å². The predicted molar refractivity (Wildman–Crippen MR) is 89.2 cm³/mol. The fourth-order valence-corrected chi connectivity index (χ4v) is 3.08. The van der Waals surface area contributed by atoms with Gasteiger partial charge in [0, 0.05) is 5.56 Å². The number of rotatable bonds is 3. The average molecular weight is 327 g/mol. The number of nitrogens with one attached hydrogen (secondary N) is 1. The number of nitrogens with zero attached hydrogens (tertiary/aromatic N) is 2. The highest BCUT2D eigenvalue weighted by molar-refractivity contribution is 7.18. The molecule has 3 aromatic rings. The molecule has 0 saturated carbocycles. The zero-order valence-corrected chi connectivity index (χ0v) is 13.4. The predicted octanol–water partition coefficient (Wildman–Crippen LogP) is 4.21. The molecule has 0 aliphatic rings. The topological polar surface area (TPSA) is 54.9 Å². The maximum Gasteiger partial charge on any atom is 0.260 e. The quantitative estimate of drug-likeness (QED) is 0.784. The molecule has 116 valence electrons. The Kier molecular flexibility index (Phi) is 4.16. The minimum Gasteiger partial charge on any atom is -0.296 e. The van der Waals surface area contributed by atoms with Gasteiger partial charge in [0.25, 0.3) is 5.91 Å². The van der Waals surface area contributed by atoms with Crippen LogP contribution < -0.4 is 5.32 Å². The van der Waals surface area contributed by atoms with Crippen LogP contribution in [0.25, 0.3) is 10.6 Å². The summed E-state index contributed by atoms with van der Waals surface area (Å²) >= 11 is 1.26. The van der Waals surface area contributed by atoms with E-state index in [0.29, 0.717) is 10.1 Å². The van der Waals surface area contributed by atoms with Crippen LogP contribution in [0.1, 0.15) is 21.5 Å². The summed E-state index contributed by atoms with van der Waals surface area (Å²) < 4.78 is 13.6. The van der Waals surface area contributed by atoms with E-state index in [1.54, 1.807) is 6.07 Å². The molecule has 0 atom stereocenters. The summed E-state index contributed by atoms with van der Waals surface area (Å²) in [6.07, 6.45) is 0. The highest BCUT2D eigenvalue weighted by Gasteiger charge is 2.15. The van der Waals surface area contributed by atoms with Gasteiger partial charge in [-0.05, 0) is 31.5 Å². The molecule has 1 N–H and O–H groups in total. The minimum absolute atomic E-state index is 0.0178. The van der Waals surface area contributed by atoms with Gasteiger partial charge < -0.3 is 0 Å². The van der Waals surface area contributed by atoms with Crippen LogP contribution in [0.5, 0.6) is 0 Å². The molecule has 0 spiro atoms. The van der Waals surface area contributed by atoms with Crippen molar-refractivity contribution < 1.29 is 9.18 Å². The van der Waals surface area contributed by atoms with Crippen molar-refractivity contribution in [3.63, 3.8) is 0 Å². The van der Waals surface area contributed by atoms with Crippen molar-refractivity contribution in [3.05, 3.63) is 65.0 Å².